The summed E-state index contributed by atoms with van der Waals surface area (Å²) in [5.74, 6) is 1.72. The molecule has 2 rings (SSSR count). The Kier molecular flexibility index (Phi) is 4.20. The van der Waals surface area contributed by atoms with E-state index in [-0.39, 0.29) is 5.84 Å². The molecule has 0 atom stereocenters. The van der Waals surface area contributed by atoms with Crippen LogP contribution in [0.15, 0.2) is 42.6 Å². The Morgan fingerprint density at radius 3 is 2.45 bits per heavy atom. The van der Waals surface area contributed by atoms with Crippen LogP contribution in [0.5, 0.6) is 5.75 Å². The van der Waals surface area contributed by atoms with Gasteiger partial charge in [-0.15, -0.1) is 0 Å². The van der Waals surface area contributed by atoms with Crippen LogP contribution in [0.3, 0.4) is 0 Å². The first-order valence-electron chi connectivity index (χ1n) is 6.24. The summed E-state index contributed by atoms with van der Waals surface area (Å²) in [6, 6.07) is 11.6. The van der Waals surface area contributed by atoms with Crippen molar-refractivity contribution in [1.29, 1.82) is 5.41 Å². The Bertz CT molecular complexity index is 578. The van der Waals surface area contributed by atoms with E-state index in [1.165, 1.54) is 5.56 Å². The number of nitrogen functional groups attached to an aromatic ring is 1. The summed E-state index contributed by atoms with van der Waals surface area (Å²) in [4.78, 5) is 6.34. The summed E-state index contributed by atoms with van der Waals surface area (Å²) < 4.78 is 5.14. The maximum atomic E-state index is 7.34. The van der Waals surface area contributed by atoms with E-state index in [2.05, 4.69) is 4.98 Å². The molecular formula is C15H18N4O. The molecule has 2 aromatic rings. The number of methoxy groups -OCH3 is 1. The number of rotatable bonds is 5. The van der Waals surface area contributed by atoms with E-state index in [0.717, 1.165) is 18.1 Å². The highest BCUT2D eigenvalue weighted by Crippen LogP contribution is 2.16. The quantitative estimate of drug-likeness (QED) is 0.643. The SMILES string of the molecule is COc1ccc(CN(C)c2ccc(C(=N)N)cn2)cc1. The number of nitrogens with zero attached hydrogens (tertiary/aromatic N) is 2. The van der Waals surface area contributed by atoms with Crippen molar-refractivity contribution in [2.24, 2.45) is 5.73 Å². The average molecular weight is 270 g/mol. The molecule has 3 N–H and O–H groups in total. The minimum atomic E-state index is 0.0295. The summed E-state index contributed by atoms with van der Waals surface area (Å²) in [6.45, 7) is 0.746. The van der Waals surface area contributed by atoms with Gasteiger partial charge in [0.1, 0.15) is 17.4 Å². The Morgan fingerprint density at radius 1 is 1.25 bits per heavy atom. The van der Waals surface area contributed by atoms with Crippen LogP contribution in [-0.2, 0) is 6.54 Å². The third-order valence-corrected chi connectivity index (χ3v) is 3.03. The molecule has 0 unspecified atom stereocenters. The number of anilines is 1. The number of hydrogen-bond donors (Lipinski definition) is 2. The summed E-state index contributed by atoms with van der Waals surface area (Å²) >= 11 is 0. The minimum Gasteiger partial charge on any atom is -0.497 e. The number of aromatic nitrogens is 1. The molecule has 0 fully saturated rings. The maximum Gasteiger partial charge on any atom is 0.128 e. The number of ether oxygens (including phenoxy) is 1. The topological polar surface area (TPSA) is 75.2 Å². The highest BCUT2D eigenvalue weighted by Gasteiger charge is 2.05. The van der Waals surface area contributed by atoms with Crippen LogP contribution >= 0.6 is 0 Å². The van der Waals surface area contributed by atoms with Crippen LogP contribution in [0.2, 0.25) is 0 Å². The van der Waals surface area contributed by atoms with Gasteiger partial charge in [0.05, 0.1) is 7.11 Å². The lowest BCUT2D eigenvalue weighted by molar-refractivity contribution is 0.414. The molecule has 5 nitrogen and oxygen atoms in total. The number of amidine groups is 1. The number of hydrogen-bond acceptors (Lipinski definition) is 4. The summed E-state index contributed by atoms with van der Waals surface area (Å²) in [5.41, 5.74) is 7.21. The van der Waals surface area contributed by atoms with Crippen molar-refractivity contribution in [1.82, 2.24) is 4.98 Å². The zero-order valence-corrected chi connectivity index (χ0v) is 11.6. The van der Waals surface area contributed by atoms with Crippen LogP contribution in [0.1, 0.15) is 11.1 Å². The predicted molar refractivity (Wildman–Crippen MR) is 80.4 cm³/mol. The van der Waals surface area contributed by atoms with Crippen molar-refractivity contribution < 1.29 is 4.74 Å². The lowest BCUT2D eigenvalue weighted by Crippen LogP contribution is -2.18. The van der Waals surface area contributed by atoms with Gasteiger partial charge in [0.2, 0.25) is 0 Å². The fraction of sp³-hybridized carbons (Fsp3) is 0.200. The molecule has 0 aliphatic heterocycles. The zero-order chi connectivity index (χ0) is 14.5. The average Bonchev–Trinajstić information content (AvgIpc) is 2.48. The molecular weight excluding hydrogens is 252 g/mol. The molecule has 0 spiro atoms. The van der Waals surface area contributed by atoms with E-state index in [0.29, 0.717) is 5.56 Å². The van der Waals surface area contributed by atoms with Gasteiger partial charge in [0.25, 0.3) is 0 Å². The summed E-state index contributed by atoms with van der Waals surface area (Å²) in [6.07, 6.45) is 1.61. The molecule has 5 heteroatoms. The normalized spacial score (nSPS) is 10.1. The molecule has 0 aliphatic rings. The van der Waals surface area contributed by atoms with E-state index >= 15 is 0 Å². The van der Waals surface area contributed by atoms with Crippen molar-refractivity contribution in [3.63, 3.8) is 0 Å². The van der Waals surface area contributed by atoms with E-state index in [9.17, 15) is 0 Å². The second kappa shape index (κ2) is 6.06. The number of benzene rings is 1. The third kappa shape index (κ3) is 3.26. The Balaban J connectivity index is 2.06. The van der Waals surface area contributed by atoms with Crippen molar-refractivity contribution in [2.45, 2.75) is 6.54 Å². The van der Waals surface area contributed by atoms with E-state index < -0.39 is 0 Å². The van der Waals surface area contributed by atoms with Gasteiger partial charge in [-0.25, -0.2) is 4.98 Å². The molecule has 1 aromatic heterocycles. The standard InChI is InChI=1S/C15H18N4O/c1-19(10-11-3-6-13(20-2)7-4-11)14-8-5-12(9-18-14)15(16)17/h3-9H,10H2,1-2H3,(H3,16,17). The number of pyridine rings is 1. The molecule has 0 radical (unpaired) electrons. The molecule has 0 saturated carbocycles. The number of nitrogens with two attached hydrogens (primary N) is 1. The Morgan fingerprint density at radius 2 is 1.95 bits per heavy atom. The molecule has 1 aromatic carbocycles. The Labute approximate surface area is 118 Å². The van der Waals surface area contributed by atoms with Gasteiger partial charge in [0, 0.05) is 25.4 Å². The largest absolute Gasteiger partial charge is 0.497 e. The minimum absolute atomic E-state index is 0.0295. The van der Waals surface area contributed by atoms with Gasteiger partial charge in [-0.2, -0.15) is 0 Å². The first kappa shape index (κ1) is 13.9. The van der Waals surface area contributed by atoms with Crippen LogP contribution in [0, 0.1) is 5.41 Å². The highest BCUT2D eigenvalue weighted by atomic mass is 16.5. The highest BCUT2D eigenvalue weighted by molar-refractivity contribution is 5.94. The van der Waals surface area contributed by atoms with Gasteiger partial charge < -0.3 is 15.4 Å². The predicted octanol–water partition coefficient (Wildman–Crippen LogP) is 2.01. The van der Waals surface area contributed by atoms with E-state index in [1.54, 1.807) is 19.4 Å². The summed E-state index contributed by atoms with van der Waals surface area (Å²) in [7, 11) is 3.63. The fourth-order valence-electron chi connectivity index (χ4n) is 1.86. The van der Waals surface area contributed by atoms with E-state index in [4.69, 9.17) is 15.9 Å². The van der Waals surface area contributed by atoms with E-state index in [1.807, 2.05) is 42.3 Å². The fourth-order valence-corrected chi connectivity index (χ4v) is 1.86. The van der Waals surface area contributed by atoms with Crippen molar-refractivity contribution in [3.8, 4) is 5.75 Å². The van der Waals surface area contributed by atoms with Gasteiger partial charge in [-0.05, 0) is 29.8 Å². The van der Waals surface area contributed by atoms with Crippen molar-refractivity contribution in [3.05, 3.63) is 53.7 Å². The summed E-state index contributed by atoms with van der Waals surface area (Å²) in [5, 5.41) is 7.34. The van der Waals surface area contributed by atoms with Crippen LogP contribution in [-0.4, -0.2) is 25.0 Å². The Hall–Kier alpha value is -2.56. The molecule has 0 aliphatic carbocycles. The monoisotopic (exact) mass is 270 g/mol. The van der Waals surface area contributed by atoms with Crippen molar-refractivity contribution >= 4 is 11.7 Å². The molecule has 1 heterocycles. The first-order chi connectivity index (χ1) is 9.60. The molecule has 20 heavy (non-hydrogen) atoms. The van der Waals surface area contributed by atoms with Crippen LogP contribution in [0.4, 0.5) is 5.82 Å². The second-order valence-corrected chi connectivity index (χ2v) is 4.52. The lowest BCUT2D eigenvalue weighted by atomic mass is 10.2. The van der Waals surface area contributed by atoms with Gasteiger partial charge in [-0.3, -0.25) is 5.41 Å². The van der Waals surface area contributed by atoms with Gasteiger partial charge in [-0.1, -0.05) is 12.1 Å². The van der Waals surface area contributed by atoms with Crippen LogP contribution < -0.4 is 15.4 Å². The van der Waals surface area contributed by atoms with Crippen LogP contribution in [0.25, 0.3) is 0 Å². The third-order valence-electron chi connectivity index (χ3n) is 3.03. The van der Waals surface area contributed by atoms with Crippen molar-refractivity contribution in [2.75, 3.05) is 19.1 Å². The molecule has 104 valence electrons. The number of nitrogens with one attached hydrogen (secondary N) is 1. The first-order valence-corrected chi connectivity index (χ1v) is 6.24. The molecule has 0 amide bonds. The molecule has 0 bridgehead atoms. The second-order valence-electron chi connectivity index (χ2n) is 4.52. The smallest absolute Gasteiger partial charge is 0.128 e. The van der Waals surface area contributed by atoms with Gasteiger partial charge >= 0.3 is 0 Å². The maximum absolute atomic E-state index is 7.34. The lowest BCUT2D eigenvalue weighted by Gasteiger charge is -2.18. The zero-order valence-electron chi connectivity index (χ0n) is 11.6. The van der Waals surface area contributed by atoms with Gasteiger partial charge in [0.15, 0.2) is 0 Å². The molecule has 0 saturated heterocycles.